The molecule has 0 spiro atoms. The fourth-order valence-corrected chi connectivity index (χ4v) is 2.07. The Balaban J connectivity index is 2.67. The number of hydrogen-bond donors (Lipinski definition) is 2. The van der Waals surface area contributed by atoms with Crippen LogP contribution >= 0.6 is 0 Å². The third-order valence-electron chi connectivity index (χ3n) is 3.39. The van der Waals surface area contributed by atoms with Crippen LogP contribution in [-0.2, 0) is 9.59 Å². The Hall–Kier alpha value is -2.08. The molecule has 2 amide bonds. The third kappa shape index (κ3) is 5.37. The zero-order valence-electron chi connectivity index (χ0n) is 13.7. The van der Waals surface area contributed by atoms with Crippen LogP contribution in [0.5, 0.6) is 5.75 Å². The van der Waals surface area contributed by atoms with Gasteiger partial charge >= 0.3 is 0 Å². The van der Waals surface area contributed by atoms with Crippen molar-refractivity contribution in [1.29, 1.82) is 0 Å². The van der Waals surface area contributed by atoms with E-state index in [0.717, 1.165) is 0 Å². The van der Waals surface area contributed by atoms with Crippen molar-refractivity contribution in [3.05, 3.63) is 24.3 Å². The Bertz CT molecular complexity index is 505. The van der Waals surface area contributed by atoms with E-state index in [0.29, 0.717) is 24.5 Å². The normalized spacial score (nSPS) is 11.9. The number of nitrogens with zero attached hydrogens (tertiary/aromatic N) is 1. The first-order valence-corrected chi connectivity index (χ1v) is 7.47. The van der Waals surface area contributed by atoms with Gasteiger partial charge in [0.25, 0.3) is 0 Å². The Labute approximate surface area is 131 Å². The van der Waals surface area contributed by atoms with E-state index in [1.54, 1.807) is 26.2 Å². The summed E-state index contributed by atoms with van der Waals surface area (Å²) in [5.74, 6) is 0.449. The molecule has 0 bridgehead atoms. The molecular formula is C16H25N3O3. The molecule has 0 heterocycles. The molecule has 0 fully saturated rings. The van der Waals surface area contributed by atoms with Crippen molar-refractivity contribution in [1.82, 2.24) is 10.2 Å². The summed E-state index contributed by atoms with van der Waals surface area (Å²) in [7, 11) is 1.58. The predicted octanol–water partition coefficient (Wildman–Crippen LogP) is 1.48. The summed E-state index contributed by atoms with van der Waals surface area (Å²) in [6.45, 7) is 6.99. The van der Waals surface area contributed by atoms with Crippen LogP contribution in [0.3, 0.4) is 0 Å². The van der Waals surface area contributed by atoms with Crippen molar-refractivity contribution in [3.8, 4) is 5.75 Å². The molecule has 22 heavy (non-hydrogen) atoms. The van der Waals surface area contributed by atoms with Gasteiger partial charge in [0.05, 0.1) is 19.7 Å². The largest absolute Gasteiger partial charge is 0.497 e. The lowest BCUT2D eigenvalue weighted by molar-refractivity contribution is -0.125. The number of methoxy groups -OCH3 is 1. The molecular weight excluding hydrogens is 282 g/mol. The second-order valence-corrected chi connectivity index (χ2v) is 4.91. The van der Waals surface area contributed by atoms with Gasteiger partial charge in [-0.05, 0) is 32.5 Å². The monoisotopic (exact) mass is 307 g/mol. The van der Waals surface area contributed by atoms with Gasteiger partial charge in [-0.15, -0.1) is 0 Å². The Kier molecular flexibility index (Phi) is 7.39. The zero-order valence-corrected chi connectivity index (χ0v) is 13.7. The summed E-state index contributed by atoms with van der Waals surface area (Å²) in [5.41, 5.74) is 0.672. The van der Waals surface area contributed by atoms with Crippen LogP contribution in [0, 0.1) is 0 Å². The summed E-state index contributed by atoms with van der Waals surface area (Å²) in [6.07, 6.45) is 0. The van der Waals surface area contributed by atoms with Crippen LogP contribution in [0.15, 0.2) is 24.3 Å². The lowest BCUT2D eigenvalue weighted by atomic mass is 10.2. The number of anilines is 1. The number of likely N-dealkylation sites (N-methyl/N-ethyl adjacent to an activating group) is 2. The smallest absolute Gasteiger partial charge is 0.241 e. The molecule has 0 unspecified atom stereocenters. The Morgan fingerprint density at radius 1 is 1.32 bits per heavy atom. The molecule has 0 aromatic heterocycles. The number of carbonyl (C=O) groups excluding carboxylic acids is 2. The summed E-state index contributed by atoms with van der Waals surface area (Å²) >= 11 is 0. The van der Waals surface area contributed by atoms with Gasteiger partial charge in [-0.2, -0.15) is 0 Å². The highest BCUT2D eigenvalue weighted by atomic mass is 16.5. The van der Waals surface area contributed by atoms with Crippen molar-refractivity contribution in [2.24, 2.45) is 0 Å². The molecule has 0 radical (unpaired) electrons. The first kappa shape index (κ1) is 18.0. The standard InChI is InChI=1S/C16H25N3O3/c1-5-17-15(20)11-19(6-2)12(3)16(21)18-13-8-7-9-14(10-13)22-4/h7-10,12H,5-6,11H2,1-4H3,(H,17,20)(H,18,21)/t12-/m0/s1. The maximum Gasteiger partial charge on any atom is 0.241 e. The summed E-state index contributed by atoms with van der Waals surface area (Å²) < 4.78 is 5.13. The van der Waals surface area contributed by atoms with Gasteiger partial charge in [0.1, 0.15) is 5.75 Å². The lowest BCUT2D eigenvalue weighted by Gasteiger charge is -2.26. The van der Waals surface area contributed by atoms with Crippen LogP contribution < -0.4 is 15.4 Å². The van der Waals surface area contributed by atoms with E-state index >= 15 is 0 Å². The molecule has 0 saturated carbocycles. The Morgan fingerprint density at radius 2 is 2.05 bits per heavy atom. The van der Waals surface area contributed by atoms with Crippen molar-refractivity contribution < 1.29 is 14.3 Å². The van der Waals surface area contributed by atoms with E-state index < -0.39 is 6.04 Å². The molecule has 6 nitrogen and oxygen atoms in total. The molecule has 1 aromatic rings. The van der Waals surface area contributed by atoms with Crippen molar-refractivity contribution in [3.63, 3.8) is 0 Å². The fourth-order valence-electron chi connectivity index (χ4n) is 2.07. The minimum Gasteiger partial charge on any atom is -0.497 e. The summed E-state index contributed by atoms with van der Waals surface area (Å²) in [4.78, 5) is 25.8. The minimum absolute atomic E-state index is 0.0784. The minimum atomic E-state index is -0.404. The van der Waals surface area contributed by atoms with Crippen molar-refractivity contribution in [2.45, 2.75) is 26.8 Å². The number of benzene rings is 1. The highest BCUT2D eigenvalue weighted by Crippen LogP contribution is 2.17. The van der Waals surface area contributed by atoms with Crippen molar-refractivity contribution in [2.75, 3.05) is 32.1 Å². The van der Waals surface area contributed by atoms with E-state index in [4.69, 9.17) is 4.74 Å². The number of ether oxygens (including phenoxy) is 1. The second kappa shape index (κ2) is 9.04. The number of nitrogens with one attached hydrogen (secondary N) is 2. The number of hydrogen-bond acceptors (Lipinski definition) is 4. The average Bonchev–Trinajstić information content (AvgIpc) is 2.52. The fraction of sp³-hybridized carbons (Fsp3) is 0.500. The van der Waals surface area contributed by atoms with Crippen molar-refractivity contribution >= 4 is 17.5 Å². The first-order chi connectivity index (χ1) is 10.5. The highest BCUT2D eigenvalue weighted by molar-refractivity contribution is 5.95. The quantitative estimate of drug-likeness (QED) is 0.763. The van der Waals surface area contributed by atoms with Gasteiger partial charge in [-0.1, -0.05) is 13.0 Å². The van der Waals surface area contributed by atoms with Gasteiger partial charge in [0.2, 0.25) is 11.8 Å². The molecule has 1 aromatic carbocycles. The summed E-state index contributed by atoms with van der Waals surface area (Å²) in [5, 5.41) is 5.58. The molecule has 6 heteroatoms. The molecule has 1 atom stereocenters. The molecule has 0 aliphatic carbocycles. The van der Waals surface area contributed by atoms with E-state index in [1.807, 2.05) is 30.9 Å². The number of carbonyl (C=O) groups is 2. The molecule has 122 valence electrons. The lowest BCUT2D eigenvalue weighted by Crippen LogP contribution is -2.46. The second-order valence-electron chi connectivity index (χ2n) is 4.91. The van der Waals surface area contributed by atoms with Gasteiger partial charge < -0.3 is 15.4 Å². The van der Waals surface area contributed by atoms with Crippen LogP contribution in [0.2, 0.25) is 0 Å². The highest BCUT2D eigenvalue weighted by Gasteiger charge is 2.22. The van der Waals surface area contributed by atoms with Crippen LogP contribution in [-0.4, -0.2) is 49.5 Å². The van der Waals surface area contributed by atoms with Gasteiger partial charge in [0.15, 0.2) is 0 Å². The zero-order chi connectivity index (χ0) is 16.5. The molecule has 1 rings (SSSR count). The van der Waals surface area contributed by atoms with E-state index in [9.17, 15) is 9.59 Å². The van der Waals surface area contributed by atoms with Crippen LogP contribution in [0.25, 0.3) is 0 Å². The van der Waals surface area contributed by atoms with Gasteiger partial charge in [-0.25, -0.2) is 0 Å². The topological polar surface area (TPSA) is 70.7 Å². The summed E-state index contributed by atoms with van der Waals surface area (Å²) in [6, 6.07) is 6.77. The Morgan fingerprint density at radius 3 is 2.64 bits per heavy atom. The van der Waals surface area contributed by atoms with Gasteiger partial charge in [-0.3, -0.25) is 14.5 Å². The molecule has 2 N–H and O–H groups in total. The molecule has 0 saturated heterocycles. The predicted molar refractivity (Wildman–Crippen MR) is 87.0 cm³/mol. The van der Waals surface area contributed by atoms with E-state index in [1.165, 1.54) is 0 Å². The maximum absolute atomic E-state index is 12.3. The van der Waals surface area contributed by atoms with E-state index in [2.05, 4.69) is 10.6 Å². The van der Waals surface area contributed by atoms with Gasteiger partial charge in [0, 0.05) is 18.3 Å². The number of amides is 2. The maximum atomic E-state index is 12.3. The SMILES string of the molecule is CCNC(=O)CN(CC)[C@@H](C)C(=O)Nc1cccc(OC)c1. The average molecular weight is 307 g/mol. The number of rotatable bonds is 8. The van der Waals surface area contributed by atoms with Crippen LogP contribution in [0.1, 0.15) is 20.8 Å². The first-order valence-electron chi connectivity index (χ1n) is 7.47. The molecule has 0 aliphatic rings. The third-order valence-corrected chi connectivity index (χ3v) is 3.39. The molecule has 0 aliphatic heterocycles. The van der Waals surface area contributed by atoms with E-state index in [-0.39, 0.29) is 18.4 Å². The van der Waals surface area contributed by atoms with Crippen LogP contribution in [0.4, 0.5) is 5.69 Å².